The zero-order valence-corrected chi connectivity index (χ0v) is 14.9. The molecule has 3 heterocycles. The molecule has 4 rings (SSSR count). The van der Waals surface area contributed by atoms with E-state index in [1.54, 1.807) is 0 Å². The quantitative estimate of drug-likeness (QED) is 0.717. The van der Waals surface area contributed by atoms with Crippen molar-refractivity contribution >= 4 is 34.3 Å². The number of nitrogens with zero attached hydrogens (tertiary/aromatic N) is 5. The van der Waals surface area contributed by atoms with E-state index in [1.165, 1.54) is 0 Å². The second kappa shape index (κ2) is 6.84. The predicted molar refractivity (Wildman–Crippen MR) is 102 cm³/mol. The number of piperidine rings is 1. The molecule has 0 radical (unpaired) electrons. The first-order valence-electron chi connectivity index (χ1n) is 8.52. The van der Waals surface area contributed by atoms with Gasteiger partial charge in [0.05, 0.1) is 17.2 Å². The van der Waals surface area contributed by atoms with Gasteiger partial charge in [-0.15, -0.1) is 0 Å². The van der Waals surface area contributed by atoms with Gasteiger partial charge in [-0.2, -0.15) is 0 Å². The van der Waals surface area contributed by atoms with Crippen molar-refractivity contribution in [3.63, 3.8) is 0 Å². The van der Waals surface area contributed by atoms with E-state index >= 15 is 0 Å². The smallest absolute Gasteiger partial charge is 0.147 e. The van der Waals surface area contributed by atoms with Gasteiger partial charge < -0.3 is 9.80 Å². The van der Waals surface area contributed by atoms with Crippen LogP contribution in [0.2, 0.25) is 5.02 Å². The maximum atomic E-state index is 6.02. The molecule has 0 bridgehead atoms. The Labute approximate surface area is 152 Å². The lowest BCUT2D eigenvalue weighted by molar-refractivity contribution is 0.478. The normalized spacial score (nSPS) is 15.5. The molecule has 2 aromatic heterocycles. The van der Waals surface area contributed by atoms with Gasteiger partial charge in [-0.25, -0.2) is 9.97 Å². The van der Waals surface area contributed by atoms with Crippen LogP contribution in [0.25, 0.3) is 11.0 Å². The van der Waals surface area contributed by atoms with E-state index in [4.69, 9.17) is 16.6 Å². The average Bonchev–Trinajstić information content (AvgIpc) is 2.68. The van der Waals surface area contributed by atoms with Crippen molar-refractivity contribution in [1.29, 1.82) is 0 Å². The van der Waals surface area contributed by atoms with Crippen LogP contribution in [0.1, 0.15) is 12.8 Å². The fraction of sp³-hybridized carbons (Fsp3) is 0.316. The molecule has 1 aliphatic rings. The maximum absolute atomic E-state index is 6.02. The van der Waals surface area contributed by atoms with Gasteiger partial charge >= 0.3 is 0 Å². The number of benzene rings is 1. The largest absolute Gasteiger partial charge is 0.357 e. The van der Waals surface area contributed by atoms with Crippen LogP contribution in [0.3, 0.4) is 0 Å². The van der Waals surface area contributed by atoms with E-state index < -0.39 is 0 Å². The lowest BCUT2D eigenvalue weighted by Crippen LogP contribution is -2.44. The minimum absolute atomic E-state index is 0.498. The van der Waals surface area contributed by atoms with E-state index in [9.17, 15) is 0 Å². The molecule has 0 saturated carbocycles. The Morgan fingerprint density at radius 3 is 2.68 bits per heavy atom. The number of halogens is 1. The summed E-state index contributed by atoms with van der Waals surface area (Å²) in [6.45, 7) is 1.94. The summed E-state index contributed by atoms with van der Waals surface area (Å²) in [7, 11) is 2.13. The number of rotatable bonds is 3. The molecule has 0 N–H and O–H groups in total. The summed E-state index contributed by atoms with van der Waals surface area (Å²) in [5.41, 5.74) is 1.72. The number of hydrogen-bond acceptors (Lipinski definition) is 5. The summed E-state index contributed by atoms with van der Waals surface area (Å²) in [6, 6.07) is 12.2. The number of anilines is 2. The van der Waals surface area contributed by atoms with Crippen molar-refractivity contribution < 1.29 is 0 Å². The standard InChI is InChI=1S/C19H20ClN5/c1-24(18-4-2-3-9-21-18)15-7-10-25(11-8-15)19-13-22-17-12-14(20)5-6-16(17)23-19/h2-6,9,12-13,15H,7-8,10-11H2,1H3. The third-order valence-corrected chi connectivity index (χ3v) is 5.07. The minimum atomic E-state index is 0.498. The Balaban J connectivity index is 1.46. The first-order valence-corrected chi connectivity index (χ1v) is 8.89. The van der Waals surface area contributed by atoms with Gasteiger partial charge in [0.1, 0.15) is 11.6 Å². The highest BCUT2D eigenvalue weighted by Crippen LogP contribution is 2.24. The molecule has 0 aliphatic carbocycles. The Kier molecular flexibility index (Phi) is 4.40. The van der Waals surface area contributed by atoms with E-state index in [0.717, 1.165) is 48.6 Å². The Hall–Kier alpha value is -2.40. The van der Waals surface area contributed by atoms with E-state index in [1.807, 2.05) is 42.7 Å². The lowest BCUT2D eigenvalue weighted by atomic mass is 10.0. The van der Waals surface area contributed by atoms with E-state index in [2.05, 4.69) is 32.9 Å². The van der Waals surface area contributed by atoms with E-state index in [0.29, 0.717) is 11.1 Å². The zero-order chi connectivity index (χ0) is 17.2. The molecule has 1 saturated heterocycles. The highest BCUT2D eigenvalue weighted by atomic mass is 35.5. The van der Waals surface area contributed by atoms with Crippen LogP contribution >= 0.6 is 11.6 Å². The summed E-state index contributed by atoms with van der Waals surface area (Å²) in [6.07, 6.45) is 5.85. The molecule has 128 valence electrons. The number of fused-ring (bicyclic) bond motifs is 1. The molecule has 0 atom stereocenters. The molecule has 25 heavy (non-hydrogen) atoms. The number of pyridine rings is 1. The molecule has 0 unspecified atom stereocenters. The molecule has 0 amide bonds. The zero-order valence-electron chi connectivity index (χ0n) is 14.1. The lowest BCUT2D eigenvalue weighted by Gasteiger charge is -2.37. The second-order valence-electron chi connectivity index (χ2n) is 6.38. The first kappa shape index (κ1) is 16.1. The molecule has 3 aromatic rings. The molecule has 1 aromatic carbocycles. The van der Waals surface area contributed by atoms with Gasteiger partial charge in [-0.1, -0.05) is 17.7 Å². The van der Waals surface area contributed by atoms with Gasteiger partial charge in [-0.05, 0) is 43.2 Å². The van der Waals surface area contributed by atoms with Gasteiger partial charge in [0.2, 0.25) is 0 Å². The highest BCUT2D eigenvalue weighted by Gasteiger charge is 2.24. The minimum Gasteiger partial charge on any atom is -0.357 e. The average molecular weight is 354 g/mol. The van der Waals surface area contributed by atoms with Crippen LogP contribution in [0.5, 0.6) is 0 Å². The summed E-state index contributed by atoms with van der Waals surface area (Å²) >= 11 is 6.02. The van der Waals surface area contributed by atoms with Crippen LogP contribution in [-0.2, 0) is 0 Å². The topological polar surface area (TPSA) is 45.2 Å². The van der Waals surface area contributed by atoms with Crippen molar-refractivity contribution in [3.8, 4) is 0 Å². The van der Waals surface area contributed by atoms with Gasteiger partial charge in [0, 0.05) is 37.4 Å². The van der Waals surface area contributed by atoms with Gasteiger partial charge in [0.15, 0.2) is 0 Å². The van der Waals surface area contributed by atoms with Gasteiger partial charge in [-0.3, -0.25) is 4.98 Å². The fourth-order valence-corrected chi connectivity index (χ4v) is 3.52. The van der Waals surface area contributed by atoms with Crippen LogP contribution in [0.15, 0.2) is 48.8 Å². The van der Waals surface area contributed by atoms with Crippen LogP contribution in [0, 0.1) is 0 Å². The maximum Gasteiger partial charge on any atom is 0.147 e. The molecule has 0 spiro atoms. The fourth-order valence-electron chi connectivity index (χ4n) is 3.36. The highest BCUT2D eigenvalue weighted by molar-refractivity contribution is 6.31. The van der Waals surface area contributed by atoms with Crippen molar-refractivity contribution in [3.05, 3.63) is 53.8 Å². The molecule has 6 heteroatoms. The SMILES string of the molecule is CN(c1ccccn1)C1CCN(c2cnc3cc(Cl)ccc3n2)CC1. The van der Waals surface area contributed by atoms with Gasteiger partial charge in [0.25, 0.3) is 0 Å². The Morgan fingerprint density at radius 2 is 1.92 bits per heavy atom. The van der Waals surface area contributed by atoms with Crippen LogP contribution < -0.4 is 9.80 Å². The number of aromatic nitrogens is 3. The Morgan fingerprint density at radius 1 is 1.08 bits per heavy atom. The summed E-state index contributed by atoms with van der Waals surface area (Å²) < 4.78 is 0. The summed E-state index contributed by atoms with van der Waals surface area (Å²) in [5, 5.41) is 0.688. The van der Waals surface area contributed by atoms with Crippen molar-refractivity contribution in [2.24, 2.45) is 0 Å². The van der Waals surface area contributed by atoms with Crippen LogP contribution in [-0.4, -0.2) is 41.1 Å². The first-order chi connectivity index (χ1) is 12.2. The molecule has 5 nitrogen and oxygen atoms in total. The predicted octanol–water partition coefficient (Wildman–Crippen LogP) is 3.78. The molecular weight excluding hydrogens is 334 g/mol. The second-order valence-corrected chi connectivity index (χ2v) is 6.81. The van der Waals surface area contributed by atoms with Crippen LogP contribution in [0.4, 0.5) is 11.6 Å². The summed E-state index contributed by atoms with van der Waals surface area (Å²) in [4.78, 5) is 18.3. The number of hydrogen-bond donors (Lipinski definition) is 0. The molecule has 1 fully saturated rings. The third-order valence-electron chi connectivity index (χ3n) is 4.84. The van der Waals surface area contributed by atoms with E-state index in [-0.39, 0.29) is 0 Å². The third kappa shape index (κ3) is 3.37. The van der Waals surface area contributed by atoms with Crippen molar-refractivity contribution in [2.45, 2.75) is 18.9 Å². The Bertz CT molecular complexity index is 862. The van der Waals surface area contributed by atoms with Crippen molar-refractivity contribution in [1.82, 2.24) is 15.0 Å². The molecule has 1 aliphatic heterocycles. The molecular formula is C19H20ClN5. The summed E-state index contributed by atoms with van der Waals surface area (Å²) in [5.74, 6) is 1.97. The van der Waals surface area contributed by atoms with Crippen molar-refractivity contribution in [2.75, 3.05) is 29.9 Å². The monoisotopic (exact) mass is 353 g/mol.